The maximum atomic E-state index is 6.37. The summed E-state index contributed by atoms with van der Waals surface area (Å²) in [4.78, 5) is 4.64. The zero-order chi connectivity index (χ0) is 23.4. The molecule has 0 saturated heterocycles. The minimum atomic E-state index is -0.550. The monoisotopic (exact) mass is 592 g/mol. The lowest BCUT2D eigenvalue weighted by atomic mass is 10.1. The second kappa shape index (κ2) is 10.8. The second-order valence-corrected chi connectivity index (χ2v) is 9.88. The van der Waals surface area contributed by atoms with E-state index in [2.05, 4.69) is 58.9 Å². The highest BCUT2D eigenvalue weighted by molar-refractivity contribution is 9.10. The Kier molecular flexibility index (Phi) is 7.77. The van der Waals surface area contributed by atoms with Gasteiger partial charge in [-0.15, -0.1) is 10.2 Å². The van der Waals surface area contributed by atoms with E-state index in [-0.39, 0.29) is 0 Å². The fraction of sp³-hybridized carbons (Fsp3) is 0.261. The number of nitrogens with zero attached hydrogens (tertiary/aromatic N) is 3. The van der Waals surface area contributed by atoms with Crippen LogP contribution in [-0.4, -0.2) is 34.1 Å². The highest BCUT2D eigenvalue weighted by Crippen LogP contribution is 2.43. The van der Waals surface area contributed by atoms with Crippen LogP contribution in [0.15, 0.2) is 57.1 Å². The minimum Gasteiger partial charge on any atom is -0.490 e. The quantitative estimate of drug-likeness (QED) is 0.230. The number of hydrogen-bond acceptors (Lipinski definition) is 8. The Hall–Kier alpha value is -2.30. The molecule has 0 fully saturated rings. The zero-order valence-corrected chi connectivity index (χ0v) is 22.1. The Balaban J connectivity index is 1.81. The largest absolute Gasteiger partial charge is 0.490 e. The van der Waals surface area contributed by atoms with Crippen LogP contribution in [-0.2, 0) is 0 Å². The van der Waals surface area contributed by atoms with Crippen molar-refractivity contribution in [2.75, 3.05) is 24.3 Å². The number of aromatic nitrogens is 3. The summed E-state index contributed by atoms with van der Waals surface area (Å²) < 4.78 is 19.7. The van der Waals surface area contributed by atoms with Crippen LogP contribution in [0.5, 0.6) is 17.4 Å². The first-order valence-corrected chi connectivity index (χ1v) is 12.9. The van der Waals surface area contributed by atoms with Crippen molar-refractivity contribution in [2.45, 2.75) is 25.2 Å². The van der Waals surface area contributed by atoms with Crippen LogP contribution < -0.4 is 19.5 Å². The third-order valence-electron chi connectivity index (χ3n) is 4.64. The number of hydrogen-bond donors (Lipinski definition) is 1. The van der Waals surface area contributed by atoms with E-state index in [9.17, 15) is 0 Å². The van der Waals surface area contributed by atoms with Crippen LogP contribution in [0.1, 0.15) is 25.6 Å². The molecule has 1 aliphatic rings. The van der Waals surface area contributed by atoms with Crippen LogP contribution >= 0.6 is 43.6 Å². The van der Waals surface area contributed by atoms with E-state index in [1.807, 2.05) is 44.2 Å². The van der Waals surface area contributed by atoms with Gasteiger partial charge in [0.1, 0.15) is 6.61 Å². The van der Waals surface area contributed by atoms with E-state index in [0.29, 0.717) is 41.4 Å². The number of ether oxygens (including phenoxy) is 3. The van der Waals surface area contributed by atoms with Gasteiger partial charge < -0.3 is 19.5 Å². The number of benzene rings is 2. The standard InChI is InChI=1S/C23H22Br2N4O3S/c1-4-9-31-20-16(25)10-13(11-18(20)30-5-2)21-26-17-8-7-14(24)12-15(17)19-22(32-21)27-23(29-28-19)33-6-3/h4,7-8,10-12,21,26H,1,5-6,9H2,2-3H3/t21-/m0/s1. The average molecular weight is 594 g/mol. The molecule has 0 amide bonds. The third kappa shape index (κ3) is 5.28. The smallest absolute Gasteiger partial charge is 0.247 e. The van der Waals surface area contributed by atoms with Gasteiger partial charge in [0.25, 0.3) is 0 Å². The Bertz CT molecular complexity index is 1180. The van der Waals surface area contributed by atoms with Crippen molar-refractivity contribution in [1.82, 2.24) is 15.2 Å². The van der Waals surface area contributed by atoms with Gasteiger partial charge in [0.05, 0.1) is 11.1 Å². The second-order valence-electron chi connectivity index (χ2n) is 6.88. The van der Waals surface area contributed by atoms with E-state index in [4.69, 9.17) is 14.2 Å². The molecule has 172 valence electrons. The SMILES string of the molecule is C=CCOc1c(Br)cc([C@H]2Nc3ccc(Br)cc3-c3nnc(SCC)nc3O2)cc1OCC. The maximum Gasteiger partial charge on any atom is 0.247 e. The highest BCUT2D eigenvalue weighted by Gasteiger charge is 2.28. The van der Waals surface area contributed by atoms with Crippen LogP contribution in [0.4, 0.5) is 5.69 Å². The molecule has 1 aromatic heterocycles. The molecule has 0 aliphatic carbocycles. The van der Waals surface area contributed by atoms with Gasteiger partial charge in [-0.1, -0.05) is 47.3 Å². The normalized spacial score (nSPS) is 14.2. The van der Waals surface area contributed by atoms with Crippen molar-refractivity contribution in [3.8, 4) is 28.6 Å². The molecule has 1 atom stereocenters. The molecule has 2 aromatic carbocycles. The lowest BCUT2D eigenvalue weighted by Gasteiger charge is -2.22. The zero-order valence-electron chi connectivity index (χ0n) is 18.1. The van der Waals surface area contributed by atoms with Crippen molar-refractivity contribution in [3.63, 3.8) is 0 Å². The first kappa shape index (κ1) is 23.8. The minimum absolute atomic E-state index is 0.367. The average Bonchev–Trinajstić information content (AvgIpc) is 2.95. The fourth-order valence-electron chi connectivity index (χ4n) is 3.30. The Labute approximate surface area is 213 Å². The van der Waals surface area contributed by atoms with Crippen LogP contribution in [0, 0.1) is 0 Å². The summed E-state index contributed by atoms with van der Waals surface area (Å²) in [7, 11) is 0. The van der Waals surface area contributed by atoms with Gasteiger partial charge in [-0.3, -0.25) is 0 Å². The molecule has 0 radical (unpaired) electrons. The van der Waals surface area contributed by atoms with Crippen LogP contribution in [0.25, 0.3) is 11.3 Å². The number of anilines is 1. The number of halogens is 2. The van der Waals surface area contributed by atoms with Gasteiger partial charge in [0.15, 0.2) is 23.4 Å². The van der Waals surface area contributed by atoms with Crippen molar-refractivity contribution < 1.29 is 14.2 Å². The first-order valence-electron chi connectivity index (χ1n) is 10.3. The van der Waals surface area contributed by atoms with Crippen LogP contribution in [0.2, 0.25) is 0 Å². The van der Waals surface area contributed by atoms with E-state index in [1.54, 1.807) is 6.08 Å². The molecule has 0 bridgehead atoms. The fourth-order valence-corrected chi connectivity index (χ4v) is 4.74. The summed E-state index contributed by atoms with van der Waals surface area (Å²) >= 11 is 8.68. The van der Waals surface area contributed by atoms with Crippen molar-refractivity contribution >= 4 is 49.3 Å². The van der Waals surface area contributed by atoms with Crippen molar-refractivity contribution in [1.29, 1.82) is 0 Å². The Morgan fingerprint density at radius 2 is 2.03 bits per heavy atom. The lowest BCUT2D eigenvalue weighted by Crippen LogP contribution is -2.17. The maximum absolute atomic E-state index is 6.37. The van der Waals surface area contributed by atoms with E-state index >= 15 is 0 Å². The van der Waals surface area contributed by atoms with Crippen LogP contribution in [0.3, 0.4) is 0 Å². The van der Waals surface area contributed by atoms with Gasteiger partial charge in [0.2, 0.25) is 11.0 Å². The molecule has 0 saturated carbocycles. The van der Waals surface area contributed by atoms with Gasteiger partial charge in [-0.2, -0.15) is 4.98 Å². The lowest BCUT2D eigenvalue weighted by molar-refractivity contribution is 0.223. The summed E-state index contributed by atoms with van der Waals surface area (Å²) in [6.07, 6.45) is 1.14. The molecule has 10 heteroatoms. The summed E-state index contributed by atoms with van der Waals surface area (Å²) in [5.41, 5.74) is 3.12. The van der Waals surface area contributed by atoms with Gasteiger partial charge in [-0.05, 0) is 58.9 Å². The first-order chi connectivity index (χ1) is 16.0. The molecular weight excluding hydrogens is 572 g/mol. The summed E-state index contributed by atoms with van der Waals surface area (Å²) in [6.45, 7) is 8.55. The number of rotatable bonds is 8. The van der Waals surface area contributed by atoms with Gasteiger partial charge in [-0.25, -0.2) is 0 Å². The molecular formula is C23H22Br2N4O3S. The Morgan fingerprint density at radius 3 is 2.79 bits per heavy atom. The van der Waals surface area contributed by atoms with E-state index in [0.717, 1.165) is 31.5 Å². The topological polar surface area (TPSA) is 78.4 Å². The summed E-state index contributed by atoms with van der Waals surface area (Å²) in [6, 6.07) is 9.76. The molecule has 1 aliphatic heterocycles. The van der Waals surface area contributed by atoms with Gasteiger partial charge >= 0.3 is 0 Å². The molecule has 7 nitrogen and oxygen atoms in total. The number of thioether (sulfide) groups is 1. The predicted molar refractivity (Wildman–Crippen MR) is 137 cm³/mol. The predicted octanol–water partition coefficient (Wildman–Crippen LogP) is 6.64. The van der Waals surface area contributed by atoms with E-state index < -0.39 is 6.23 Å². The molecule has 2 heterocycles. The Morgan fingerprint density at radius 1 is 1.18 bits per heavy atom. The van der Waals surface area contributed by atoms with Crippen molar-refractivity contribution in [2.24, 2.45) is 0 Å². The summed E-state index contributed by atoms with van der Waals surface area (Å²) in [5, 5.41) is 12.7. The highest BCUT2D eigenvalue weighted by atomic mass is 79.9. The van der Waals surface area contributed by atoms with E-state index in [1.165, 1.54) is 11.8 Å². The number of nitrogens with one attached hydrogen (secondary N) is 1. The third-order valence-corrected chi connectivity index (χ3v) is 6.44. The number of fused-ring (bicyclic) bond motifs is 3. The molecule has 0 unspecified atom stereocenters. The molecule has 0 spiro atoms. The van der Waals surface area contributed by atoms with Crippen molar-refractivity contribution in [3.05, 3.63) is 57.5 Å². The molecule has 1 N–H and O–H groups in total. The molecule has 4 rings (SSSR count). The molecule has 3 aromatic rings. The van der Waals surface area contributed by atoms with Gasteiger partial charge in [0, 0.05) is 21.3 Å². The molecule has 33 heavy (non-hydrogen) atoms. The summed E-state index contributed by atoms with van der Waals surface area (Å²) in [5.74, 6) is 2.47.